The Bertz CT molecular complexity index is 976. The van der Waals surface area contributed by atoms with Crippen LogP contribution in [-0.4, -0.2) is 26.2 Å². The highest BCUT2D eigenvalue weighted by molar-refractivity contribution is 5.98. The number of hydrogen-bond donors (Lipinski definition) is 0. The predicted molar refractivity (Wildman–Crippen MR) is 109 cm³/mol. The summed E-state index contributed by atoms with van der Waals surface area (Å²) in [5.74, 6) is -0.730. The fraction of sp³-hybridized carbons (Fsp3) is 0.261. The monoisotopic (exact) mass is 393 g/mol. The van der Waals surface area contributed by atoms with Crippen LogP contribution in [0.5, 0.6) is 11.5 Å². The summed E-state index contributed by atoms with van der Waals surface area (Å²) in [6, 6.07) is 13.7. The van der Waals surface area contributed by atoms with Crippen molar-refractivity contribution in [2.24, 2.45) is 0 Å². The molecule has 2 aromatic carbocycles. The molecule has 0 N–H and O–H groups in total. The molecule has 150 valence electrons. The Balaban J connectivity index is 2.25. The molecule has 0 saturated heterocycles. The number of nitriles is 1. The van der Waals surface area contributed by atoms with Crippen molar-refractivity contribution < 1.29 is 23.8 Å². The summed E-state index contributed by atoms with van der Waals surface area (Å²) < 4.78 is 15.3. The number of methoxy groups -OCH3 is 2. The van der Waals surface area contributed by atoms with Crippen molar-refractivity contribution >= 4 is 18.0 Å². The van der Waals surface area contributed by atoms with Crippen LogP contribution in [0.15, 0.2) is 48.0 Å². The molecule has 2 rings (SSSR count). The molecular formula is C23H23NO5. The van der Waals surface area contributed by atoms with E-state index in [1.165, 1.54) is 20.3 Å². The molecule has 0 saturated carbocycles. The first-order chi connectivity index (χ1) is 13.7. The van der Waals surface area contributed by atoms with Crippen LogP contribution in [0.25, 0.3) is 6.08 Å². The summed E-state index contributed by atoms with van der Waals surface area (Å²) >= 11 is 0. The predicted octanol–water partition coefficient (Wildman–Crippen LogP) is 4.29. The van der Waals surface area contributed by atoms with Gasteiger partial charge in [0, 0.05) is 0 Å². The van der Waals surface area contributed by atoms with Crippen molar-refractivity contribution in [2.45, 2.75) is 26.2 Å². The number of nitrogens with zero attached hydrogens (tertiary/aromatic N) is 1. The molecule has 0 aliphatic heterocycles. The van der Waals surface area contributed by atoms with Crippen molar-refractivity contribution in [1.29, 1.82) is 5.26 Å². The van der Waals surface area contributed by atoms with E-state index in [4.69, 9.17) is 14.7 Å². The van der Waals surface area contributed by atoms with Gasteiger partial charge in [0.2, 0.25) is 0 Å². The van der Waals surface area contributed by atoms with Crippen molar-refractivity contribution in [3.8, 4) is 17.6 Å². The molecule has 0 heterocycles. The maximum absolute atomic E-state index is 12.5. The fourth-order valence-corrected chi connectivity index (χ4v) is 2.54. The average molecular weight is 393 g/mol. The van der Waals surface area contributed by atoms with Crippen molar-refractivity contribution in [2.75, 3.05) is 14.2 Å². The Morgan fingerprint density at radius 1 is 1.00 bits per heavy atom. The van der Waals surface area contributed by atoms with Crippen molar-refractivity contribution in [3.63, 3.8) is 0 Å². The molecule has 0 aliphatic carbocycles. The van der Waals surface area contributed by atoms with Crippen LogP contribution in [-0.2, 0) is 14.9 Å². The molecule has 0 amide bonds. The van der Waals surface area contributed by atoms with E-state index in [9.17, 15) is 9.59 Å². The number of carbonyl (C=O) groups is 2. The van der Waals surface area contributed by atoms with Crippen LogP contribution in [0.4, 0.5) is 0 Å². The lowest BCUT2D eigenvalue weighted by Gasteiger charge is -2.19. The molecule has 0 spiro atoms. The maximum atomic E-state index is 12.5. The molecule has 2 aromatic rings. The van der Waals surface area contributed by atoms with Crippen LogP contribution >= 0.6 is 0 Å². The summed E-state index contributed by atoms with van der Waals surface area (Å²) in [6.45, 7) is 6.29. The zero-order valence-corrected chi connectivity index (χ0v) is 17.1. The minimum atomic E-state index is -0.735. The van der Waals surface area contributed by atoms with E-state index >= 15 is 0 Å². The Labute approximate surface area is 170 Å². The SMILES string of the molecule is COC(=O)/C(C#N)=C/c1ccc(OC(=O)c2ccc(C(C)(C)C)cc2)c(OC)c1. The quantitative estimate of drug-likeness (QED) is 0.326. The number of benzene rings is 2. The van der Waals surface area contributed by atoms with Gasteiger partial charge in [-0.2, -0.15) is 5.26 Å². The van der Waals surface area contributed by atoms with Gasteiger partial charge in [0.05, 0.1) is 19.8 Å². The topological polar surface area (TPSA) is 85.6 Å². The third kappa shape index (κ3) is 5.45. The van der Waals surface area contributed by atoms with Gasteiger partial charge in [-0.1, -0.05) is 39.0 Å². The van der Waals surface area contributed by atoms with Gasteiger partial charge in [-0.05, 0) is 46.9 Å². The molecule has 0 aromatic heterocycles. The Morgan fingerprint density at radius 2 is 1.66 bits per heavy atom. The second-order valence-electron chi connectivity index (χ2n) is 7.29. The summed E-state index contributed by atoms with van der Waals surface area (Å²) in [5, 5.41) is 9.06. The van der Waals surface area contributed by atoms with Gasteiger partial charge in [0.1, 0.15) is 11.6 Å². The summed E-state index contributed by atoms with van der Waals surface area (Å²) in [5.41, 5.74) is 1.89. The fourth-order valence-electron chi connectivity index (χ4n) is 2.54. The highest BCUT2D eigenvalue weighted by Crippen LogP contribution is 2.30. The van der Waals surface area contributed by atoms with Crippen molar-refractivity contribution in [3.05, 3.63) is 64.7 Å². The van der Waals surface area contributed by atoms with E-state index in [0.29, 0.717) is 16.9 Å². The Morgan fingerprint density at radius 3 is 2.17 bits per heavy atom. The Kier molecular flexibility index (Phi) is 6.79. The second kappa shape index (κ2) is 9.07. The summed E-state index contributed by atoms with van der Waals surface area (Å²) in [7, 11) is 2.63. The highest BCUT2D eigenvalue weighted by atomic mass is 16.6. The molecule has 0 atom stereocenters. The lowest BCUT2D eigenvalue weighted by Crippen LogP contribution is -2.13. The maximum Gasteiger partial charge on any atom is 0.348 e. The average Bonchev–Trinajstić information content (AvgIpc) is 2.71. The van der Waals surface area contributed by atoms with Crippen LogP contribution in [0.3, 0.4) is 0 Å². The largest absolute Gasteiger partial charge is 0.493 e. The van der Waals surface area contributed by atoms with Crippen LogP contribution in [0, 0.1) is 11.3 Å². The van der Waals surface area contributed by atoms with Gasteiger partial charge in [-0.3, -0.25) is 0 Å². The third-order valence-corrected chi connectivity index (χ3v) is 4.21. The molecule has 29 heavy (non-hydrogen) atoms. The number of esters is 2. The lowest BCUT2D eigenvalue weighted by molar-refractivity contribution is -0.135. The number of hydrogen-bond acceptors (Lipinski definition) is 6. The van der Waals surface area contributed by atoms with Gasteiger partial charge in [-0.15, -0.1) is 0 Å². The second-order valence-corrected chi connectivity index (χ2v) is 7.29. The summed E-state index contributed by atoms with van der Waals surface area (Å²) in [4.78, 5) is 24.0. The number of carbonyl (C=O) groups excluding carboxylic acids is 2. The van der Waals surface area contributed by atoms with E-state index in [1.54, 1.807) is 36.4 Å². The minimum Gasteiger partial charge on any atom is -0.493 e. The smallest absolute Gasteiger partial charge is 0.348 e. The zero-order chi connectivity index (χ0) is 21.6. The van der Waals surface area contributed by atoms with Crippen molar-refractivity contribution in [1.82, 2.24) is 0 Å². The zero-order valence-electron chi connectivity index (χ0n) is 17.1. The lowest BCUT2D eigenvalue weighted by atomic mass is 9.87. The molecule has 0 radical (unpaired) electrons. The van der Waals surface area contributed by atoms with Gasteiger partial charge in [0.15, 0.2) is 11.5 Å². The van der Waals surface area contributed by atoms with E-state index in [-0.39, 0.29) is 16.7 Å². The van der Waals surface area contributed by atoms with E-state index in [2.05, 4.69) is 25.5 Å². The number of rotatable bonds is 5. The van der Waals surface area contributed by atoms with Gasteiger partial charge < -0.3 is 14.2 Å². The standard InChI is InChI=1S/C23H23NO5/c1-23(2,3)18-9-7-16(8-10-18)22(26)29-19-11-6-15(13-20(19)27-4)12-17(14-24)21(25)28-5/h6-13H,1-5H3/b17-12+. The van der Waals surface area contributed by atoms with Gasteiger partial charge in [0.25, 0.3) is 0 Å². The third-order valence-electron chi connectivity index (χ3n) is 4.21. The van der Waals surface area contributed by atoms with Gasteiger partial charge >= 0.3 is 11.9 Å². The minimum absolute atomic E-state index is 0.0124. The first kappa shape index (κ1) is 21.7. The molecule has 0 aliphatic rings. The van der Waals surface area contributed by atoms with Crippen LogP contribution in [0.2, 0.25) is 0 Å². The molecular weight excluding hydrogens is 370 g/mol. The Hall–Kier alpha value is -3.59. The molecule has 6 heteroatoms. The van der Waals surface area contributed by atoms with E-state index in [1.807, 2.05) is 12.1 Å². The molecule has 0 fully saturated rings. The van der Waals surface area contributed by atoms with Gasteiger partial charge in [-0.25, -0.2) is 9.59 Å². The molecule has 0 unspecified atom stereocenters. The summed E-state index contributed by atoms with van der Waals surface area (Å²) in [6.07, 6.45) is 1.37. The van der Waals surface area contributed by atoms with Crippen LogP contribution in [0.1, 0.15) is 42.3 Å². The normalized spacial score (nSPS) is 11.4. The van der Waals surface area contributed by atoms with Crippen LogP contribution < -0.4 is 9.47 Å². The molecule has 0 bridgehead atoms. The highest BCUT2D eigenvalue weighted by Gasteiger charge is 2.17. The van der Waals surface area contributed by atoms with E-state index in [0.717, 1.165) is 5.56 Å². The number of ether oxygens (including phenoxy) is 3. The van der Waals surface area contributed by atoms with E-state index < -0.39 is 11.9 Å². The first-order valence-corrected chi connectivity index (χ1v) is 8.90. The molecule has 6 nitrogen and oxygen atoms in total. The first-order valence-electron chi connectivity index (χ1n) is 8.90.